The Kier molecular flexibility index (Phi) is 3.43. The Bertz CT molecular complexity index is 398. The lowest BCUT2D eigenvalue weighted by atomic mass is 9.99. The third-order valence-electron chi connectivity index (χ3n) is 3.10. The van der Waals surface area contributed by atoms with Crippen molar-refractivity contribution in [2.45, 2.75) is 19.8 Å². The average Bonchev–Trinajstić information content (AvgIpc) is 2.33. The fraction of sp³-hybridized carbons (Fsp3) is 0.538. The number of phenols is 2. The maximum absolute atomic E-state index is 9.63. The normalized spacial score (nSPS) is 16.5. The highest BCUT2D eigenvalue weighted by Crippen LogP contribution is 2.37. The van der Waals surface area contributed by atoms with Crippen molar-refractivity contribution >= 4 is 5.69 Å². The molecule has 1 saturated heterocycles. The van der Waals surface area contributed by atoms with E-state index in [-0.39, 0.29) is 11.5 Å². The zero-order valence-corrected chi connectivity index (χ0v) is 10.3. The molecule has 0 spiro atoms. The minimum atomic E-state index is -0.0594. The number of aromatic hydroxyl groups is 2. The van der Waals surface area contributed by atoms with Gasteiger partial charge in [0.2, 0.25) is 0 Å². The SMILES string of the molecule is CC(C)c1cc(O)c(O)cc1N1CCOCC1. The first-order valence-electron chi connectivity index (χ1n) is 5.98. The molecule has 0 amide bonds. The molecule has 0 atom stereocenters. The van der Waals surface area contributed by atoms with Gasteiger partial charge in [-0.1, -0.05) is 13.8 Å². The molecule has 1 heterocycles. The third kappa shape index (κ3) is 2.47. The van der Waals surface area contributed by atoms with Crippen molar-refractivity contribution in [3.63, 3.8) is 0 Å². The summed E-state index contributed by atoms with van der Waals surface area (Å²) in [7, 11) is 0. The smallest absolute Gasteiger partial charge is 0.159 e. The number of hydrogen-bond donors (Lipinski definition) is 2. The summed E-state index contributed by atoms with van der Waals surface area (Å²) in [6.45, 7) is 7.22. The van der Waals surface area contributed by atoms with Gasteiger partial charge in [-0.05, 0) is 17.5 Å². The average molecular weight is 237 g/mol. The van der Waals surface area contributed by atoms with Crippen LogP contribution >= 0.6 is 0 Å². The highest BCUT2D eigenvalue weighted by molar-refractivity contribution is 5.62. The van der Waals surface area contributed by atoms with E-state index in [0.717, 1.165) is 24.3 Å². The zero-order chi connectivity index (χ0) is 12.4. The number of hydrogen-bond acceptors (Lipinski definition) is 4. The van der Waals surface area contributed by atoms with E-state index in [9.17, 15) is 10.2 Å². The van der Waals surface area contributed by atoms with Gasteiger partial charge < -0.3 is 19.8 Å². The van der Waals surface area contributed by atoms with Crippen LogP contribution in [-0.2, 0) is 4.74 Å². The molecule has 2 N–H and O–H groups in total. The van der Waals surface area contributed by atoms with E-state index >= 15 is 0 Å². The Balaban J connectivity index is 2.39. The number of nitrogens with zero attached hydrogens (tertiary/aromatic N) is 1. The highest BCUT2D eigenvalue weighted by atomic mass is 16.5. The van der Waals surface area contributed by atoms with E-state index in [1.54, 1.807) is 12.1 Å². The first-order chi connectivity index (χ1) is 8.09. The van der Waals surface area contributed by atoms with E-state index in [0.29, 0.717) is 19.1 Å². The molecule has 0 aromatic heterocycles. The third-order valence-corrected chi connectivity index (χ3v) is 3.10. The molecule has 0 bridgehead atoms. The molecule has 0 radical (unpaired) electrons. The topological polar surface area (TPSA) is 52.9 Å². The van der Waals surface area contributed by atoms with E-state index in [1.165, 1.54) is 0 Å². The standard InChI is InChI=1S/C13H19NO3/c1-9(2)10-7-12(15)13(16)8-11(10)14-3-5-17-6-4-14/h7-9,15-16H,3-6H2,1-2H3. The summed E-state index contributed by atoms with van der Waals surface area (Å²) in [4.78, 5) is 2.19. The van der Waals surface area contributed by atoms with Gasteiger partial charge in [-0.25, -0.2) is 0 Å². The summed E-state index contributed by atoms with van der Waals surface area (Å²) >= 11 is 0. The lowest BCUT2D eigenvalue weighted by molar-refractivity contribution is 0.122. The summed E-state index contributed by atoms with van der Waals surface area (Å²) < 4.78 is 5.32. The van der Waals surface area contributed by atoms with Crippen LogP contribution < -0.4 is 4.90 Å². The molecule has 1 aromatic rings. The zero-order valence-electron chi connectivity index (χ0n) is 10.3. The van der Waals surface area contributed by atoms with Gasteiger partial charge in [0.1, 0.15) is 0 Å². The van der Waals surface area contributed by atoms with Gasteiger partial charge in [-0.15, -0.1) is 0 Å². The first-order valence-corrected chi connectivity index (χ1v) is 5.98. The lowest BCUT2D eigenvalue weighted by Gasteiger charge is -2.31. The molecule has 0 saturated carbocycles. The van der Waals surface area contributed by atoms with Crippen LogP contribution in [0.1, 0.15) is 25.3 Å². The molecule has 4 nitrogen and oxygen atoms in total. The fourth-order valence-corrected chi connectivity index (χ4v) is 2.12. The van der Waals surface area contributed by atoms with E-state index in [4.69, 9.17) is 4.74 Å². The fourth-order valence-electron chi connectivity index (χ4n) is 2.12. The Morgan fingerprint density at radius 2 is 1.71 bits per heavy atom. The molecule has 1 aliphatic heterocycles. The summed E-state index contributed by atoms with van der Waals surface area (Å²) in [5.41, 5.74) is 2.06. The van der Waals surface area contributed by atoms with Crippen molar-refractivity contribution in [3.8, 4) is 11.5 Å². The maximum atomic E-state index is 9.63. The summed E-state index contributed by atoms with van der Waals surface area (Å²) in [6.07, 6.45) is 0. The van der Waals surface area contributed by atoms with Crippen LogP contribution in [0.2, 0.25) is 0 Å². The van der Waals surface area contributed by atoms with Gasteiger partial charge in [0, 0.05) is 24.8 Å². The van der Waals surface area contributed by atoms with Crippen molar-refractivity contribution in [1.29, 1.82) is 0 Å². The highest BCUT2D eigenvalue weighted by Gasteiger charge is 2.18. The van der Waals surface area contributed by atoms with Gasteiger partial charge in [-0.2, -0.15) is 0 Å². The van der Waals surface area contributed by atoms with Gasteiger partial charge in [-0.3, -0.25) is 0 Å². The molecular formula is C13H19NO3. The Morgan fingerprint density at radius 1 is 1.12 bits per heavy atom. The van der Waals surface area contributed by atoms with Gasteiger partial charge in [0.15, 0.2) is 11.5 Å². The lowest BCUT2D eigenvalue weighted by Crippen LogP contribution is -2.36. The van der Waals surface area contributed by atoms with Crippen LogP contribution in [-0.4, -0.2) is 36.5 Å². The molecule has 94 valence electrons. The minimum absolute atomic E-state index is 0.0503. The monoisotopic (exact) mass is 237 g/mol. The molecule has 1 aromatic carbocycles. The maximum Gasteiger partial charge on any atom is 0.159 e. The number of benzene rings is 1. The van der Waals surface area contributed by atoms with Gasteiger partial charge in [0.05, 0.1) is 13.2 Å². The van der Waals surface area contributed by atoms with Crippen LogP contribution in [0.5, 0.6) is 11.5 Å². The largest absolute Gasteiger partial charge is 0.504 e. The summed E-state index contributed by atoms with van der Waals surface area (Å²) in [6, 6.07) is 3.31. The van der Waals surface area contributed by atoms with Crippen molar-refractivity contribution in [3.05, 3.63) is 17.7 Å². The Labute approximate surface area is 101 Å². The Morgan fingerprint density at radius 3 is 2.29 bits per heavy atom. The van der Waals surface area contributed by atoms with Crippen LogP contribution in [0.3, 0.4) is 0 Å². The number of rotatable bonds is 2. The van der Waals surface area contributed by atoms with Crippen LogP contribution in [0.4, 0.5) is 5.69 Å². The predicted octanol–water partition coefficient (Wildman–Crippen LogP) is 2.06. The van der Waals surface area contributed by atoms with Crippen molar-refractivity contribution < 1.29 is 14.9 Å². The van der Waals surface area contributed by atoms with Gasteiger partial charge >= 0.3 is 0 Å². The van der Waals surface area contributed by atoms with Crippen molar-refractivity contribution in [1.82, 2.24) is 0 Å². The number of phenolic OH excluding ortho intramolecular Hbond substituents is 2. The molecule has 2 rings (SSSR count). The number of ether oxygens (including phenoxy) is 1. The molecule has 17 heavy (non-hydrogen) atoms. The Hall–Kier alpha value is -1.42. The van der Waals surface area contributed by atoms with Crippen molar-refractivity contribution in [2.75, 3.05) is 31.2 Å². The molecule has 4 heteroatoms. The molecule has 0 aliphatic carbocycles. The summed E-state index contributed by atoms with van der Waals surface area (Å²) in [5, 5.41) is 19.2. The minimum Gasteiger partial charge on any atom is -0.504 e. The van der Waals surface area contributed by atoms with Crippen LogP contribution in [0, 0.1) is 0 Å². The summed E-state index contributed by atoms with van der Waals surface area (Å²) in [5.74, 6) is 0.195. The van der Waals surface area contributed by atoms with Gasteiger partial charge in [0.25, 0.3) is 0 Å². The second-order valence-corrected chi connectivity index (χ2v) is 4.65. The molecular weight excluding hydrogens is 218 g/mol. The van der Waals surface area contributed by atoms with Crippen LogP contribution in [0.15, 0.2) is 12.1 Å². The van der Waals surface area contributed by atoms with Crippen molar-refractivity contribution in [2.24, 2.45) is 0 Å². The molecule has 0 unspecified atom stereocenters. The second-order valence-electron chi connectivity index (χ2n) is 4.65. The van der Waals surface area contributed by atoms with E-state index in [2.05, 4.69) is 18.7 Å². The molecule has 1 aliphatic rings. The predicted molar refractivity (Wildman–Crippen MR) is 66.9 cm³/mol. The van der Waals surface area contributed by atoms with E-state index < -0.39 is 0 Å². The van der Waals surface area contributed by atoms with E-state index in [1.807, 2.05) is 0 Å². The van der Waals surface area contributed by atoms with Crippen LogP contribution in [0.25, 0.3) is 0 Å². The number of morpholine rings is 1. The number of anilines is 1. The first kappa shape index (κ1) is 12.0. The quantitative estimate of drug-likeness (QED) is 0.773. The molecule has 1 fully saturated rings. The second kappa shape index (κ2) is 4.84.